The van der Waals surface area contributed by atoms with Gasteiger partial charge in [-0.25, -0.2) is 4.98 Å². The molecule has 0 aliphatic rings. The second-order valence-electron chi connectivity index (χ2n) is 5.51. The number of aromatic nitrogens is 3. The minimum Gasteiger partial charge on any atom is -0.497 e. The van der Waals surface area contributed by atoms with Crippen LogP contribution in [0.1, 0.15) is 5.69 Å². The van der Waals surface area contributed by atoms with E-state index >= 15 is 0 Å². The van der Waals surface area contributed by atoms with Gasteiger partial charge in [-0.2, -0.15) is 0 Å². The number of carbonyl (C=O) groups excluding carboxylic acids is 1. The van der Waals surface area contributed by atoms with E-state index in [1.807, 2.05) is 6.92 Å². The summed E-state index contributed by atoms with van der Waals surface area (Å²) in [6.45, 7) is 1.69. The van der Waals surface area contributed by atoms with Gasteiger partial charge in [0.05, 0.1) is 25.3 Å². The normalized spacial score (nSPS) is 10.7. The number of aromatic amines is 1. The summed E-state index contributed by atoms with van der Waals surface area (Å²) < 4.78 is 11.6. The smallest absolute Gasteiger partial charge is 0.263 e. The number of ether oxygens (including phenoxy) is 2. The average Bonchev–Trinajstić information content (AvgIpc) is 2.99. The highest BCUT2D eigenvalue weighted by Gasteiger charge is 2.12. The highest BCUT2D eigenvalue weighted by Crippen LogP contribution is 2.28. The SMILES string of the molecule is COc1ccc(NC(=O)Cn2cnc3[nH]c(C)cc3c2=O)c(OC)c1. The Morgan fingerprint density at radius 3 is 2.80 bits per heavy atom. The maximum absolute atomic E-state index is 12.4. The van der Waals surface area contributed by atoms with Gasteiger partial charge >= 0.3 is 0 Å². The zero-order chi connectivity index (χ0) is 18.0. The van der Waals surface area contributed by atoms with Crippen molar-refractivity contribution in [3.63, 3.8) is 0 Å². The Morgan fingerprint density at radius 2 is 2.08 bits per heavy atom. The van der Waals surface area contributed by atoms with Crippen molar-refractivity contribution in [2.75, 3.05) is 19.5 Å². The molecule has 0 spiro atoms. The molecular weight excluding hydrogens is 324 g/mol. The van der Waals surface area contributed by atoms with Crippen LogP contribution in [0.3, 0.4) is 0 Å². The third-order valence-corrected chi connectivity index (χ3v) is 3.75. The van der Waals surface area contributed by atoms with E-state index in [0.29, 0.717) is 28.2 Å². The number of aryl methyl sites for hydroxylation is 1. The molecule has 2 N–H and O–H groups in total. The fraction of sp³-hybridized carbons (Fsp3) is 0.235. The molecule has 0 bridgehead atoms. The van der Waals surface area contributed by atoms with Crippen molar-refractivity contribution >= 4 is 22.6 Å². The van der Waals surface area contributed by atoms with Crippen molar-refractivity contribution in [3.8, 4) is 11.5 Å². The molecule has 0 saturated carbocycles. The first kappa shape index (κ1) is 16.6. The number of benzene rings is 1. The van der Waals surface area contributed by atoms with Crippen molar-refractivity contribution in [1.29, 1.82) is 0 Å². The van der Waals surface area contributed by atoms with E-state index in [2.05, 4.69) is 15.3 Å². The number of hydrogen-bond donors (Lipinski definition) is 2. The number of nitrogens with zero attached hydrogens (tertiary/aromatic N) is 2. The van der Waals surface area contributed by atoms with Gasteiger partial charge in [0.1, 0.15) is 30.0 Å². The van der Waals surface area contributed by atoms with Gasteiger partial charge < -0.3 is 19.8 Å². The molecule has 25 heavy (non-hydrogen) atoms. The molecule has 0 radical (unpaired) electrons. The predicted octanol–water partition coefficient (Wildman–Crippen LogP) is 1.69. The van der Waals surface area contributed by atoms with Crippen LogP contribution in [0, 0.1) is 6.92 Å². The standard InChI is InChI=1S/C17H18N4O4/c1-10-6-12-16(19-10)18-9-21(17(12)23)8-15(22)20-13-5-4-11(24-2)7-14(13)25-3/h4-7,9,19H,8H2,1-3H3,(H,20,22). The van der Waals surface area contributed by atoms with Gasteiger partial charge in [0.2, 0.25) is 5.91 Å². The van der Waals surface area contributed by atoms with E-state index in [0.717, 1.165) is 5.69 Å². The molecule has 3 rings (SSSR count). The van der Waals surface area contributed by atoms with Crippen molar-refractivity contribution in [3.05, 3.63) is 46.6 Å². The molecule has 130 valence electrons. The summed E-state index contributed by atoms with van der Waals surface area (Å²) in [5, 5.41) is 3.18. The van der Waals surface area contributed by atoms with Gasteiger partial charge in [0.15, 0.2) is 0 Å². The molecule has 8 heteroatoms. The number of nitrogens with one attached hydrogen (secondary N) is 2. The van der Waals surface area contributed by atoms with E-state index in [4.69, 9.17) is 9.47 Å². The summed E-state index contributed by atoms with van der Waals surface area (Å²) in [7, 11) is 3.05. The van der Waals surface area contributed by atoms with E-state index in [1.165, 1.54) is 18.0 Å². The van der Waals surface area contributed by atoms with E-state index < -0.39 is 0 Å². The molecule has 3 aromatic rings. The maximum atomic E-state index is 12.4. The summed E-state index contributed by atoms with van der Waals surface area (Å²) in [4.78, 5) is 31.9. The number of fused-ring (bicyclic) bond motifs is 1. The Labute approximate surface area is 143 Å². The lowest BCUT2D eigenvalue weighted by Gasteiger charge is -2.12. The number of rotatable bonds is 5. The minimum absolute atomic E-state index is 0.152. The van der Waals surface area contributed by atoms with Gasteiger partial charge in [0, 0.05) is 11.8 Å². The lowest BCUT2D eigenvalue weighted by molar-refractivity contribution is -0.116. The van der Waals surface area contributed by atoms with Crippen LogP contribution in [0.4, 0.5) is 5.69 Å². The first-order valence-corrected chi connectivity index (χ1v) is 7.58. The first-order chi connectivity index (χ1) is 12.0. The van der Waals surface area contributed by atoms with Crippen LogP contribution in [0.15, 0.2) is 35.4 Å². The van der Waals surface area contributed by atoms with Crippen molar-refractivity contribution in [2.45, 2.75) is 13.5 Å². The fourth-order valence-electron chi connectivity index (χ4n) is 2.53. The van der Waals surface area contributed by atoms with Crippen molar-refractivity contribution in [2.24, 2.45) is 0 Å². The fourth-order valence-corrected chi connectivity index (χ4v) is 2.53. The zero-order valence-corrected chi connectivity index (χ0v) is 14.1. The second kappa shape index (κ2) is 6.68. The molecule has 0 fully saturated rings. The van der Waals surface area contributed by atoms with Crippen molar-refractivity contribution in [1.82, 2.24) is 14.5 Å². The van der Waals surface area contributed by atoms with Gasteiger partial charge in [-0.05, 0) is 25.1 Å². The molecule has 1 amide bonds. The molecule has 0 aliphatic carbocycles. The summed E-state index contributed by atoms with van der Waals surface area (Å²) in [5.41, 5.74) is 1.57. The van der Waals surface area contributed by atoms with Crippen LogP contribution in [0.5, 0.6) is 11.5 Å². The lowest BCUT2D eigenvalue weighted by atomic mass is 10.2. The molecule has 0 aliphatic heterocycles. The molecule has 8 nitrogen and oxygen atoms in total. The first-order valence-electron chi connectivity index (χ1n) is 7.58. The third kappa shape index (κ3) is 3.32. The van der Waals surface area contributed by atoms with Crippen LogP contribution in [0.2, 0.25) is 0 Å². The Balaban J connectivity index is 1.81. The van der Waals surface area contributed by atoms with Crippen LogP contribution in [-0.4, -0.2) is 34.7 Å². The molecular formula is C17H18N4O4. The van der Waals surface area contributed by atoms with E-state index in [-0.39, 0.29) is 18.0 Å². The number of anilines is 1. The lowest BCUT2D eigenvalue weighted by Crippen LogP contribution is -2.27. The number of amides is 1. The Kier molecular flexibility index (Phi) is 4.42. The van der Waals surface area contributed by atoms with Gasteiger partial charge in [-0.1, -0.05) is 0 Å². The molecule has 0 atom stereocenters. The Hall–Kier alpha value is -3.29. The minimum atomic E-state index is -0.362. The Bertz CT molecular complexity index is 990. The number of H-pyrrole nitrogens is 1. The number of methoxy groups -OCH3 is 2. The average molecular weight is 342 g/mol. The topological polar surface area (TPSA) is 98.2 Å². The number of hydrogen-bond acceptors (Lipinski definition) is 5. The molecule has 0 unspecified atom stereocenters. The van der Waals surface area contributed by atoms with Crippen LogP contribution >= 0.6 is 0 Å². The third-order valence-electron chi connectivity index (χ3n) is 3.75. The molecule has 1 aromatic carbocycles. The zero-order valence-electron chi connectivity index (χ0n) is 14.1. The highest BCUT2D eigenvalue weighted by molar-refractivity contribution is 5.92. The monoisotopic (exact) mass is 342 g/mol. The van der Waals surface area contributed by atoms with E-state index in [9.17, 15) is 9.59 Å². The van der Waals surface area contributed by atoms with Crippen molar-refractivity contribution < 1.29 is 14.3 Å². The van der Waals surface area contributed by atoms with Crippen LogP contribution in [0.25, 0.3) is 11.0 Å². The van der Waals surface area contributed by atoms with Crippen LogP contribution in [-0.2, 0) is 11.3 Å². The summed E-state index contributed by atoms with van der Waals surface area (Å²) in [6.07, 6.45) is 1.35. The molecule has 2 aromatic heterocycles. The molecule has 0 saturated heterocycles. The van der Waals surface area contributed by atoms with Gasteiger partial charge in [-0.15, -0.1) is 0 Å². The summed E-state index contributed by atoms with van der Waals surface area (Å²) >= 11 is 0. The Morgan fingerprint density at radius 1 is 1.28 bits per heavy atom. The quantitative estimate of drug-likeness (QED) is 0.735. The largest absolute Gasteiger partial charge is 0.497 e. The highest BCUT2D eigenvalue weighted by atomic mass is 16.5. The predicted molar refractivity (Wildman–Crippen MR) is 93.3 cm³/mol. The van der Waals surface area contributed by atoms with Crippen LogP contribution < -0.4 is 20.3 Å². The second-order valence-corrected chi connectivity index (χ2v) is 5.51. The maximum Gasteiger partial charge on any atom is 0.263 e. The summed E-state index contributed by atoms with van der Waals surface area (Å²) in [6, 6.07) is 6.76. The number of carbonyl (C=O) groups is 1. The molecule has 2 heterocycles. The van der Waals surface area contributed by atoms with E-state index in [1.54, 1.807) is 31.4 Å². The summed E-state index contributed by atoms with van der Waals surface area (Å²) in [5.74, 6) is 0.720. The van der Waals surface area contributed by atoms with Gasteiger partial charge in [0.25, 0.3) is 5.56 Å². The van der Waals surface area contributed by atoms with Gasteiger partial charge in [-0.3, -0.25) is 14.2 Å².